The smallest absolute Gasteiger partial charge is 0.265 e. The summed E-state index contributed by atoms with van der Waals surface area (Å²) in [6, 6.07) is 16.8. The topological polar surface area (TPSA) is 38.3 Å². The second kappa shape index (κ2) is 7.10. The molecule has 1 amide bonds. The van der Waals surface area contributed by atoms with Gasteiger partial charge in [0.25, 0.3) is 5.91 Å². The van der Waals surface area contributed by atoms with Crippen molar-refractivity contribution in [1.82, 2.24) is 0 Å². The summed E-state index contributed by atoms with van der Waals surface area (Å²) in [7, 11) is 0. The lowest BCUT2D eigenvalue weighted by molar-refractivity contribution is -0.122. The van der Waals surface area contributed by atoms with E-state index in [1.165, 1.54) is 0 Å². The molecule has 0 saturated heterocycles. The third-order valence-electron chi connectivity index (χ3n) is 2.78. The van der Waals surface area contributed by atoms with Crippen molar-refractivity contribution in [1.29, 1.82) is 0 Å². The van der Waals surface area contributed by atoms with Crippen LogP contribution in [0.15, 0.2) is 59.1 Å². The molecule has 4 heteroatoms. The molecular weight excluding hydrogens is 318 g/mol. The molecular formula is C16H16BrNO2. The summed E-state index contributed by atoms with van der Waals surface area (Å²) in [5.74, 6) is 0.554. The molecule has 0 bridgehead atoms. The Kier molecular flexibility index (Phi) is 5.18. The molecule has 0 aliphatic carbocycles. The first-order valence-corrected chi connectivity index (χ1v) is 7.26. The van der Waals surface area contributed by atoms with Crippen molar-refractivity contribution in [2.75, 3.05) is 5.32 Å². The first-order valence-electron chi connectivity index (χ1n) is 6.47. The molecule has 2 aromatic rings. The van der Waals surface area contributed by atoms with Crippen LogP contribution in [0.4, 0.5) is 5.69 Å². The molecule has 104 valence electrons. The van der Waals surface area contributed by atoms with Crippen molar-refractivity contribution in [3.8, 4) is 5.75 Å². The number of rotatable bonds is 5. The van der Waals surface area contributed by atoms with Crippen LogP contribution in [0.25, 0.3) is 0 Å². The van der Waals surface area contributed by atoms with Gasteiger partial charge in [-0.25, -0.2) is 0 Å². The number of hydrogen-bond acceptors (Lipinski definition) is 2. The minimum Gasteiger partial charge on any atom is -0.481 e. The quantitative estimate of drug-likeness (QED) is 0.888. The van der Waals surface area contributed by atoms with Crippen molar-refractivity contribution in [3.05, 3.63) is 59.1 Å². The van der Waals surface area contributed by atoms with Crippen molar-refractivity contribution < 1.29 is 9.53 Å². The SMILES string of the molecule is CC[C@H](Oc1ccccc1)C(=O)Nc1cccc(Br)c1. The molecule has 1 atom stereocenters. The number of benzene rings is 2. The fourth-order valence-electron chi connectivity index (χ4n) is 1.77. The fraction of sp³-hybridized carbons (Fsp3) is 0.188. The highest BCUT2D eigenvalue weighted by Gasteiger charge is 2.18. The average Bonchev–Trinajstić information content (AvgIpc) is 2.45. The Labute approximate surface area is 127 Å². The van der Waals surface area contributed by atoms with E-state index >= 15 is 0 Å². The van der Waals surface area contributed by atoms with Crippen LogP contribution >= 0.6 is 15.9 Å². The van der Waals surface area contributed by atoms with Crippen molar-refractivity contribution in [2.24, 2.45) is 0 Å². The molecule has 0 unspecified atom stereocenters. The largest absolute Gasteiger partial charge is 0.481 e. The first kappa shape index (κ1) is 14.6. The zero-order chi connectivity index (χ0) is 14.4. The normalized spacial score (nSPS) is 11.7. The van der Waals surface area contributed by atoms with E-state index in [0.717, 1.165) is 10.2 Å². The van der Waals surface area contributed by atoms with E-state index in [2.05, 4.69) is 21.2 Å². The molecule has 0 aliphatic rings. The van der Waals surface area contributed by atoms with E-state index in [1.54, 1.807) is 0 Å². The number of halogens is 1. The Balaban J connectivity index is 2.02. The molecule has 1 N–H and O–H groups in total. The van der Waals surface area contributed by atoms with Crippen LogP contribution in [0.3, 0.4) is 0 Å². The van der Waals surface area contributed by atoms with Gasteiger partial charge in [0.2, 0.25) is 0 Å². The molecule has 20 heavy (non-hydrogen) atoms. The molecule has 0 heterocycles. The summed E-state index contributed by atoms with van der Waals surface area (Å²) in [5, 5.41) is 2.86. The zero-order valence-corrected chi connectivity index (χ0v) is 12.8. The summed E-state index contributed by atoms with van der Waals surface area (Å²) in [6.45, 7) is 1.92. The molecule has 0 fully saturated rings. The van der Waals surface area contributed by atoms with Gasteiger partial charge in [0.15, 0.2) is 6.10 Å². The van der Waals surface area contributed by atoms with E-state index in [4.69, 9.17) is 4.74 Å². The molecule has 2 rings (SSSR count). The van der Waals surface area contributed by atoms with Gasteiger partial charge in [-0.3, -0.25) is 4.79 Å². The molecule has 0 aromatic heterocycles. The lowest BCUT2D eigenvalue weighted by Crippen LogP contribution is -2.32. The zero-order valence-electron chi connectivity index (χ0n) is 11.2. The van der Waals surface area contributed by atoms with E-state index in [-0.39, 0.29) is 5.91 Å². The Morgan fingerprint density at radius 1 is 1.20 bits per heavy atom. The van der Waals surface area contributed by atoms with Crippen LogP contribution in [0.2, 0.25) is 0 Å². The molecule has 0 saturated carbocycles. The van der Waals surface area contributed by atoms with Crippen LogP contribution < -0.4 is 10.1 Å². The van der Waals surface area contributed by atoms with Crippen LogP contribution in [0.5, 0.6) is 5.75 Å². The van der Waals surface area contributed by atoms with E-state index in [0.29, 0.717) is 12.2 Å². The predicted octanol–water partition coefficient (Wildman–Crippen LogP) is 4.25. The number of carbonyl (C=O) groups is 1. The van der Waals surface area contributed by atoms with Gasteiger partial charge in [-0.15, -0.1) is 0 Å². The minimum absolute atomic E-state index is 0.144. The van der Waals surface area contributed by atoms with E-state index in [9.17, 15) is 4.79 Å². The van der Waals surface area contributed by atoms with Crippen LogP contribution in [-0.2, 0) is 4.79 Å². The summed E-state index contributed by atoms with van der Waals surface area (Å²) in [5.41, 5.74) is 0.750. The van der Waals surface area contributed by atoms with E-state index < -0.39 is 6.10 Å². The third kappa shape index (κ3) is 4.10. The first-order chi connectivity index (χ1) is 9.69. The lowest BCUT2D eigenvalue weighted by Gasteiger charge is -2.17. The number of hydrogen-bond donors (Lipinski definition) is 1. The lowest BCUT2D eigenvalue weighted by atomic mass is 10.2. The number of para-hydroxylation sites is 1. The second-order valence-corrected chi connectivity index (χ2v) is 5.24. The molecule has 2 aromatic carbocycles. The van der Waals surface area contributed by atoms with Gasteiger partial charge >= 0.3 is 0 Å². The van der Waals surface area contributed by atoms with Crippen LogP contribution in [0, 0.1) is 0 Å². The van der Waals surface area contributed by atoms with Gasteiger partial charge in [-0.05, 0) is 36.8 Å². The van der Waals surface area contributed by atoms with Gasteiger partial charge in [-0.2, -0.15) is 0 Å². The number of nitrogens with one attached hydrogen (secondary N) is 1. The van der Waals surface area contributed by atoms with Gasteiger partial charge in [-0.1, -0.05) is 47.1 Å². The van der Waals surface area contributed by atoms with Crippen LogP contribution in [-0.4, -0.2) is 12.0 Å². The van der Waals surface area contributed by atoms with Gasteiger partial charge in [0.05, 0.1) is 0 Å². The molecule has 3 nitrogen and oxygen atoms in total. The average molecular weight is 334 g/mol. The number of ether oxygens (including phenoxy) is 1. The Morgan fingerprint density at radius 2 is 1.95 bits per heavy atom. The summed E-state index contributed by atoms with van der Waals surface area (Å²) in [4.78, 5) is 12.2. The van der Waals surface area contributed by atoms with E-state index in [1.807, 2.05) is 61.5 Å². The summed E-state index contributed by atoms with van der Waals surface area (Å²) >= 11 is 3.38. The Bertz CT molecular complexity index is 572. The maximum absolute atomic E-state index is 12.2. The highest BCUT2D eigenvalue weighted by Crippen LogP contribution is 2.17. The maximum atomic E-state index is 12.2. The number of carbonyl (C=O) groups excluding carboxylic acids is 1. The molecule has 0 aliphatic heterocycles. The molecule has 0 radical (unpaired) electrons. The Hall–Kier alpha value is -1.81. The minimum atomic E-state index is -0.503. The molecule has 0 spiro atoms. The van der Waals surface area contributed by atoms with Gasteiger partial charge in [0.1, 0.15) is 5.75 Å². The number of amides is 1. The number of anilines is 1. The van der Waals surface area contributed by atoms with Crippen molar-refractivity contribution in [3.63, 3.8) is 0 Å². The highest BCUT2D eigenvalue weighted by molar-refractivity contribution is 9.10. The maximum Gasteiger partial charge on any atom is 0.265 e. The monoisotopic (exact) mass is 333 g/mol. The van der Waals surface area contributed by atoms with Crippen LogP contribution in [0.1, 0.15) is 13.3 Å². The standard InChI is InChI=1S/C16H16BrNO2/c1-2-15(20-14-9-4-3-5-10-14)16(19)18-13-8-6-7-12(17)11-13/h3-11,15H,2H2,1H3,(H,18,19)/t15-/m0/s1. The third-order valence-corrected chi connectivity index (χ3v) is 3.27. The van der Waals surface area contributed by atoms with Gasteiger partial charge < -0.3 is 10.1 Å². The summed E-state index contributed by atoms with van der Waals surface area (Å²) < 4.78 is 6.63. The fourth-order valence-corrected chi connectivity index (χ4v) is 2.17. The Morgan fingerprint density at radius 3 is 2.60 bits per heavy atom. The van der Waals surface area contributed by atoms with Crippen molar-refractivity contribution >= 4 is 27.5 Å². The predicted molar refractivity (Wildman–Crippen MR) is 83.9 cm³/mol. The second-order valence-electron chi connectivity index (χ2n) is 4.33. The highest BCUT2D eigenvalue weighted by atomic mass is 79.9. The van der Waals surface area contributed by atoms with Gasteiger partial charge in [0, 0.05) is 10.2 Å². The van der Waals surface area contributed by atoms with Crippen molar-refractivity contribution in [2.45, 2.75) is 19.4 Å². The summed E-state index contributed by atoms with van der Waals surface area (Å²) in [6.07, 6.45) is 0.103.